The number of phenolic OH excluding ortho intramolecular Hbond substituents is 2. The molecule has 0 aliphatic heterocycles. The predicted octanol–water partition coefficient (Wildman–Crippen LogP) is 2.23. The smallest absolute Gasteiger partial charge is 0.338 e. The zero-order valence-electron chi connectivity index (χ0n) is 14.5. The van der Waals surface area contributed by atoms with Gasteiger partial charge in [-0.05, 0) is 47.9 Å². The Labute approximate surface area is 154 Å². The monoisotopic (exact) mass is 377 g/mol. The van der Waals surface area contributed by atoms with Crippen molar-refractivity contribution >= 4 is 11.9 Å². The summed E-state index contributed by atoms with van der Waals surface area (Å²) in [7, 11) is 0. The van der Waals surface area contributed by atoms with Gasteiger partial charge in [0.2, 0.25) is 0 Å². The van der Waals surface area contributed by atoms with Gasteiger partial charge in [-0.25, -0.2) is 9.18 Å². The number of halogens is 1. The van der Waals surface area contributed by atoms with Gasteiger partial charge in [0.15, 0.2) is 11.5 Å². The number of esters is 1. The van der Waals surface area contributed by atoms with Gasteiger partial charge in [-0.2, -0.15) is 0 Å². The lowest BCUT2D eigenvalue weighted by Gasteiger charge is -2.27. The largest absolute Gasteiger partial charge is 0.504 e. The zero-order chi connectivity index (χ0) is 20.1. The Balaban J connectivity index is 2.17. The molecule has 1 unspecified atom stereocenters. The summed E-state index contributed by atoms with van der Waals surface area (Å²) in [4.78, 5) is 23.4. The molecule has 0 radical (unpaired) electrons. The lowest BCUT2D eigenvalue weighted by molar-refractivity contribution is -0.139. The van der Waals surface area contributed by atoms with Crippen molar-refractivity contribution in [3.05, 3.63) is 59.4 Å². The predicted molar refractivity (Wildman–Crippen MR) is 94.0 cm³/mol. The second-order valence-corrected chi connectivity index (χ2v) is 6.22. The molecule has 0 saturated carbocycles. The van der Waals surface area contributed by atoms with Gasteiger partial charge in [-0.3, -0.25) is 4.79 Å². The van der Waals surface area contributed by atoms with Crippen LogP contribution >= 0.6 is 0 Å². The maximum atomic E-state index is 12.9. The van der Waals surface area contributed by atoms with Crippen molar-refractivity contribution in [1.82, 2.24) is 0 Å². The minimum atomic E-state index is -1.33. The quantitative estimate of drug-likeness (QED) is 0.430. The maximum absolute atomic E-state index is 12.9. The number of phenols is 2. The number of aromatic hydroxyl groups is 2. The van der Waals surface area contributed by atoms with Gasteiger partial charge < -0.3 is 25.8 Å². The Morgan fingerprint density at radius 2 is 1.74 bits per heavy atom. The number of ether oxygens (including phenoxy) is 1. The van der Waals surface area contributed by atoms with E-state index < -0.39 is 41.4 Å². The van der Waals surface area contributed by atoms with E-state index in [4.69, 9.17) is 10.5 Å². The van der Waals surface area contributed by atoms with Crippen LogP contribution in [0.5, 0.6) is 11.5 Å². The minimum absolute atomic E-state index is 0.149. The highest BCUT2D eigenvalue weighted by Gasteiger charge is 2.32. The summed E-state index contributed by atoms with van der Waals surface area (Å²) in [6, 6.07) is 7.38. The van der Waals surface area contributed by atoms with E-state index in [-0.39, 0.29) is 17.9 Å². The summed E-state index contributed by atoms with van der Waals surface area (Å²) in [5, 5.41) is 28.4. The van der Waals surface area contributed by atoms with Gasteiger partial charge in [0, 0.05) is 5.92 Å². The van der Waals surface area contributed by atoms with Gasteiger partial charge in [0.05, 0.1) is 12.2 Å². The number of nitrogens with two attached hydrogens (primary N) is 1. The van der Waals surface area contributed by atoms with Crippen LogP contribution in [0.2, 0.25) is 0 Å². The molecule has 2 aromatic rings. The third-order valence-corrected chi connectivity index (χ3v) is 4.23. The summed E-state index contributed by atoms with van der Waals surface area (Å²) < 4.78 is 18.1. The highest BCUT2D eigenvalue weighted by atomic mass is 19.1. The van der Waals surface area contributed by atoms with Crippen molar-refractivity contribution in [2.24, 2.45) is 11.7 Å². The van der Waals surface area contributed by atoms with E-state index in [1.54, 1.807) is 6.92 Å². The van der Waals surface area contributed by atoms with E-state index >= 15 is 0 Å². The fourth-order valence-electron chi connectivity index (χ4n) is 2.77. The summed E-state index contributed by atoms with van der Waals surface area (Å²) in [6.07, 6.45) is 0. The summed E-state index contributed by atoms with van der Waals surface area (Å²) in [5.74, 6) is -4.51. The van der Waals surface area contributed by atoms with Gasteiger partial charge in [0.1, 0.15) is 11.9 Å². The van der Waals surface area contributed by atoms with E-state index in [0.29, 0.717) is 5.56 Å². The number of carboxylic acid groups (broad SMARTS) is 1. The topological polar surface area (TPSA) is 130 Å². The number of carbonyl (C=O) groups is 2. The number of hydrogen-bond donors (Lipinski definition) is 4. The van der Waals surface area contributed by atoms with Crippen LogP contribution in [0.4, 0.5) is 4.39 Å². The summed E-state index contributed by atoms with van der Waals surface area (Å²) >= 11 is 0. The summed E-state index contributed by atoms with van der Waals surface area (Å²) in [5.41, 5.74) is 6.33. The molecule has 0 heterocycles. The highest BCUT2D eigenvalue weighted by Crippen LogP contribution is 2.34. The van der Waals surface area contributed by atoms with Crippen molar-refractivity contribution in [3.63, 3.8) is 0 Å². The first kappa shape index (κ1) is 20.2. The molecule has 3 atom stereocenters. The van der Waals surface area contributed by atoms with Crippen LogP contribution in [-0.4, -0.2) is 39.9 Å². The number of carboxylic acids is 1. The van der Waals surface area contributed by atoms with E-state index in [0.717, 1.165) is 12.1 Å². The van der Waals surface area contributed by atoms with Crippen molar-refractivity contribution in [2.75, 3.05) is 6.61 Å². The number of carbonyl (C=O) groups excluding carboxylic acids is 1. The molecule has 0 fully saturated rings. The third kappa shape index (κ3) is 4.95. The molecular formula is C19H20FNO6. The van der Waals surface area contributed by atoms with E-state index in [1.807, 2.05) is 0 Å². The Bertz CT molecular complexity index is 823. The number of benzene rings is 2. The molecule has 27 heavy (non-hydrogen) atoms. The molecule has 2 aromatic carbocycles. The second-order valence-electron chi connectivity index (χ2n) is 6.22. The minimum Gasteiger partial charge on any atom is -0.504 e. The molecule has 2 rings (SSSR count). The molecule has 0 aromatic heterocycles. The Morgan fingerprint density at radius 3 is 2.30 bits per heavy atom. The van der Waals surface area contributed by atoms with Gasteiger partial charge in [-0.15, -0.1) is 0 Å². The number of hydrogen-bond acceptors (Lipinski definition) is 6. The van der Waals surface area contributed by atoms with E-state index in [2.05, 4.69) is 0 Å². The van der Waals surface area contributed by atoms with Crippen LogP contribution < -0.4 is 5.73 Å². The Morgan fingerprint density at radius 1 is 1.11 bits per heavy atom. The van der Waals surface area contributed by atoms with E-state index in [1.165, 1.54) is 30.3 Å². The third-order valence-electron chi connectivity index (χ3n) is 4.23. The number of rotatable bonds is 7. The van der Waals surface area contributed by atoms with Crippen molar-refractivity contribution in [3.8, 4) is 11.5 Å². The fourth-order valence-corrected chi connectivity index (χ4v) is 2.77. The second kappa shape index (κ2) is 8.50. The van der Waals surface area contributed by atoms with Gasteiger partial charge >= 0.3 is 11.9 Å². The van der Waals surface area contributed by atoms with Crippen molar-refractivity contribution in [2.45, 2.75) is 18.9 Å². The molecule has 8 heteroatoms. The zero-order valence-corrected chi connectivity index (χ0v) is 14.5. The summed E-state index contributed by atoms with van der Waals surface area (Å²) in [6.45, 7) is 1.50. The molecule has 0 amide bonds. The van der Waals surface area contributed by atoms with Crippen LogP contribution in [-0.2, 0) is 9.53 Å². The molecule has 0 aliphatic rings. The first-order chi connectivity index (χ1) is 12.7. The molecule has 0 bridgehead atoms. The van der Waals surface area contributed by atoms with Crippen LogP contribution in [0.1, 0.15) is 28.8 Å². The van der Waals surface area contributed by atoms with Crippen molar-refractivity contribution < 1.29 is 34.0 Å². The highest BCUT2D eigenvalue weighted by molar-refractivity contribution is 5.89. The van der Waals surface area contributed by atoms with E-state index in [9.17, 15) is 29.3 Å². The standard InChI is InChI=1S/C19H20FNO6/c1-10(9-27-19(26)11-2-5-13(20)6-3-11)16(17(21)18(24)25)12-4-7-14(22)15(23)8-12/h2-8,10,16-17,22-23H,9,21H2,1H3,(H,24,25)/t10-,16?,17-/m0/s1. The lowest BCUT2D eigenvalue weighted by Crippen LogP contribution is -2.40. The van der Waals surface area contributed by atoms with Gasteiger partial charge in [0.25, 0.3) is 0 Å². The SMILES string of the molecule is C[C@@H](COC(=O)c1ccc(F)cc1)C(c1ccc(O)c(O)c1)[C@H](N)C(=O)O. The first-order valence-corrected chi connectivity index (χ1v) is 8.13. The molecule has 0 spiro atoms. The van der Waals surface area contributed by atoms with Crippen molar-refractivity contribution in [1.29, 1.82) is 0 Å². The average molecular weight is 377 g/mol. The van der Waals surface area contributed by atoms with Crippen LogP contribution in [0.25, 0.3) is 0 Å². The molecule has 0 saturated heterocycles. The van der Waals surface area contributed by atoms with Crippen LogP contribution in [0, 0.1) is 11.7 Å². The Hall–Kier alpha value is -3.13. The van der Waals surface area contributed by atoms with Crippen LogP contribution in [0.3, 0.4) is 0 Å². The maximum Gasteiger partial charge on any atom is 0.338 e. The fraction of sp³-hybridized carbons (Fsp3) is 0.263. The Kier molecular flexibility index (Phi) is 6.36. The average Bonchev–Trinajstić information content (AvgIpc) is 2.63. The molecular weight excluding hydrogens is 357 g/mol. The van der Waals surface area contributed by atoms with Gasteiger partial charge in [-0.1, -0.05) is 13.0 Å². The molecule has 5 N–H and O–H groups in total. The van der Waals surface area contributed by atoms with Crippen LogP contribution in [0.15, 0.2) is 42.5 Å². The lowest BCUT2D eigenvalue weighted by atomic mass is 9.82. The number of aliphatic carboxylic acids is 1. The molecule has 0 aliphatic carbocycles. The normalized spacial score (nSPS) is 14.2. The molecule has 7 nitrogen and oxygen atoms in total. The molecule has 144 valence electrons. The first-order valence-electron chi connectivity index (χ1n) is 8.13.